The highest BCUT2D eigenvalue weighted by molar-refractivity contribution is 7.13. The molecule has 0 radical (unpaired) electrons. The van der Waals surface area contributed by atoms with E-state index in [1.807, 2.05) is 0 Å². The summed E-state index contributed by atoms with van der Waals surface area (Å²) in [7, 11) is 0. The lowest BCUT2D eigenvalue weighted by molar-refractivity contribution is -0.119. The highest BCUT2D eigenvalue weighted by Crippen LogP contribution is 2.20. The number of oxazole rings is 1. The number of fused-ring (bicyclic) bond motifs is 1. The molecule has 3 N–H and O–H groups in total. The molecule has 9 heteroatoms. The number of carbonyl (C=O) groups excluding carboxylic acids is 2. The van der Waals surface area contributed by atoms with Crippen molar-refractivity contribution in [2.45, 2.75) is 19.4 Å². The lowest BCUT2D eigenvalue weighted by Crippen LogP contribution is -2.29. The second kappa shape index (κ2) is 6.28. The molecule has 3 aromatic rings. The molecular weight excluding hydrogens is 332 g/mol. The van der Waals surface area contributed by atoms with Crippen molar-refractivity contribution in [3.63, 3.8) is 0 Å². The lowest BCUT2D eigenvalue weighted by atomic mass is 10.2. The van der Waals surface area contributed by atoms with E-state index in [9.17, 15) is 14.4 Å². The summed E-state index contributed by atoms with van der Waals surface area (Å²) in [6, 6.07) is 6.09. The Morgan fingerprint density at radius 1 is 1.42 bits per heavy atom. The molecule has 2 amide bonds. The van der Waals surface area contributed by atoms with Gasteiger partial charge in [0, 0.05) is 5.38 Å². The Balaban J connectivity index is 1.81. The third-order valence-electron chi connectivity index (χ3n) is 3.42. The topological polar surface area (TPSA) is 120 Å². The maximum Gasteiger partial charge on any atom is 0.420 e. The van der Waals surface area contributed by atoms with Crippen LogP contribution in [0.4, 0.5) is 5.13 Å². The summed E-state index contributed by atoms with van der Waals surface area (Å²) in [6.45, 7) is 1.59. The van der Waals surface area contributed by atoms with Crippen molar-refractivity contribution in [3.05, 3.63) is 45.9 Å². The smallest absolute Gasteiger partial charge is 0.408 e. The van der Waals surface area contributed by atoms with Crippen molar-refractivity contribution in [2.75, 3.05) is 5.32 Å². The van der Waals surface area contributed by atoms with Gasteiger partial charge < -0.3 is 15.5 Å². The summed E-state index contributed by atoms with van der Waals surface area (Å²) in [4.78, 5) is 39.4. The fourth-order valence-electron chi connectivity index (χ4n) is 2.30. The highest BCUT2D eigenvalue weighted by atomic mass is 32.1. The number of para-hydroxylation sites is 2. The molecule has 24 heavy (non-hydrogen) atoms. The number of hydrogen-bond donors (Lipinski definition) is 2. The zero-order valence-electron chi connectivity index (χ0n) is 12.7. The van der Waals surface area contributed by atoms with Crippen molar-refractivity contribution < 1.29 is 14.0 Å². The molecule has 124 valence electrons. The molecule has 8 nitrogen and oxygen atoms in total. The number of nitrogens with one attached hydrogen (secondary N) is 1. The molecule has 2 aromatic heterocycles. The average Bonchev–Trinajstić information content (AvgIpc) is 3.08. The molecule has 0 spiro atoms. The number of anilines is 1. The van der Waals surface area contributed by atoms with E-state index < -0.39 is 23.6 Å². The molecule has 0 fully saturated rings. The van der Waals surface area contributed by atoms with Gasteiger partial charge in [-0.15, -0.1) is 11.3 Å². The van der Waals surface area contributed by atoms with Gasteiger partial charge in [0.25, 0.3) is 0 Å². The normalized spacial score (nSPS) is 12.2. The Morgan fingerprint density at radius 2 is 2.17 bits per heavy atom. The summed E-state index contributed by atoms with van der Waals surface area (Å²) in [5, 5.41) is 4.61. The number of hydrogen-bond acceptors (Lipinski definition) is 6. The second-order valence-corrected chi connectivity index (χ2v) is 6.02. The summed E-state index contributed by atoms with van der Waals surface area (Å²) in [5.41, 5.74) is 6.55. The highest BCUT2D eigenvalue weighted by Gasteiger charge is 2.22. The van der Waals surface area contributed by atoms with Gasteiger partial charge in [-0.2, -0.15) is 0 Å². The van der Waals surface area contributed by atoms with Crippen molar-refractivity contribution in [3.8, 4) is 0 Å². The van der Waals surface area contributed by atoms with E-state index in [1.165, 1.54) is 15.9 Å². The van der Waals surface area contributed by atoms with Crippen molar-refractivity contribution >= 4 is 39.4 Å². The van der Waals surface area contributed by atoms with Crippen LogP contribution in [0.1, 0.15) is 18.7 Å². The van der Waals surface area contributed by atoms with Crippen LogP contribution in [-0.4, -0.2) is 21.4 Å². The van der Waals surface area contributed by atoms with Gasteiger partial charge in [-0.05, 0) is 19.1 Å². The standard InChI is InChI=1S/C15H14N4O4S/c1-8(19-10-4-2-3-5-11(10)23-15(19)22)13(21)18-14-17-9(7-24-14)6-12(16)20/h2-5,7-8H,6H2,1H3,(H2,16,20)(H,17,18,21). The minimum absolute atomic E-state index is 0.00769. The summed E-state index contributed by atoms with van der Waals surface area (Å²) < 4.78 is 6.41. The predicted octanol–water partition coefficient (Wildman–Crippen LogP) is 1.28. The molecule has 1 atom stereocenters. The number of amides is 2. The second-order valence-electron chi connectivity index (χ2n) is 5.16. The number of rotatable bonds is 5. The molecule has 2 heterocycles. The molecule has 0 saturated heterocycles. The van der Waals surface area contributed by atoms with E-state index in [2.05, 4.69) is 10.3 Å². The minimum atomic E-state index is -0.787. The third kappa shape index (κ3) is 3.06. The van der Waals surface area contributed by atoms with E-state index in [0.717, 1.165) is 0 Å². The van der Waals surface area contributed by atoms with E-state index in [1.54, 1.807) is 36.6 Å². The van der Waals surface area contributed by atoms with E-state index >= 15 is 0 Å². The molecule has 0 aliphatic rings. The molecule has 3 rings (SSSR count). The van der Waals surface area contributed by atoms with E-state index in [4.69, 9.17) is 10.2 Å². The first-order valence-electron chi connectivity index (χ1n) is 7.09. The van der Waals surface area contributed by atoms with Gasteiger partial charge in [-0.25, -0.2) is 9.78 Å². The first-order chi connectivity index (χ1) is 11.5. The summed E-state index contributed by atoms with van der Waals surface area (Å²) in [6.07, 6.45) is 0.00769. The monoisotopic (exact) mass is 346 g/mol. The van der Waals surface area contributed by atoms with Gasteiger partial charge >= 0.3 is 5.76 Å². The van der Waals surface area contributed by atoms with Crippen LogP contribution in [0.3, 0.4) is 0 Å². The van der Waals surface area contributed by atoms with Crippen LogP contribution in [0.2, 0.25) is 0 Å². The first kappa shape index (κ1) is 15.9. The third-order valence-corrected chi connectivity index (χ3v) is 4.23. The molecular formula is C15H14N4O4S. The SMILES string of the molecule is CC(C(=O)Nc1nc(CC(N)=O)cs1)n1c(=O)oc2ccccc21. The number of primary amides is 1. The zero-order chi connectivity index (χ0) is 17.3. The van der Waals surface area contributed by atoms with E-state index in [-0.39, 0.29) is 6.42 Å². The molecule has 0 bridgehead atoms. The molecule has 0 aliphatic carbocycles. The van der Waals surface area contributed by atoms with Crippen LogP contribution in [-0.2, 0) is 16.0 Å². The number of nitrogens with two attached hydrogens (primary N) is 1. The number of carbonyl (C=O) groups is 2. The Labute approximate surface area is 139 Å². The van der Waals surface area contributed by atoms with E-state index in [0.29, 0.717) is 21.9 Å². The lowest BCUT2D eigenvalue weighted by Gasteiger charge is -2.11. The zero-order valence-corrected chi connectivity index (χ0v) is 13.5. The number of aromatic nitrogens is 2. The van der Waals surface area contributed by atoms with Crippen molar-refractivity contribution in [2.24, 2.45) is 5.73 Å². The van der Waals surface area contributed by atoms with Crippen LogP contribution in [0, 0.1) is 0 Å². The first-order valence-corrected chi connectivity index (χ1v) is 7.97. The van der Waals surface area contributed by atoms with Crippen LogP contribution >= 0.6 is 11.3 Å². The fraction of sp³-hybridized carbons (Fsp3) is 0.200. The number of nitrogens with zero attached hydrogens (tertiary/aromatic N) is 2. The molecule has 1 unspecified atom stereocenters. The van der Waals surface area contributed by atoms with Gasteiger partial charge in [-0.1, -0.05) is 12.1 Å². The average molecular weight is 346 g/mol. The quantitative estimate of drug-likeness (QED) is 0.721. The van der Waals surface area contributed by atoms with Gasteiger partial charge in [0.15, 0.2) is 10.7 Å². The Morgan fingerprint density at radius 3 is 2.92 bits per heavy atom. The van der Waals surface area contributed by atoms with Crippen LogP contribution in [0.15, 0.2) is 38.9 Å². The van der Waals surface area contributed by atoms with Crippen LogP contribution < -0.4 is 16.8 Å². The molecule has 1 aromatic carbocycles. The molecule has 0 aliphatic heterocycles. The van der Waals surface area contributed by atoms with Gasteiger partial charge in [0.05, 0.1) is 17.6 Å². The summed E-state index contributed by atoms with van der Waals surface area (Å²) >= 11 is 1.18. The van der Waals surface area contributed by atoms with Crippen molar-refractivity contribution in [1.29, 1.82) is 0 Å². The fourth-order valence-corrected chi connectivity index (χ4v) is 3.02. The van der Waals surface area contributed by atoms with Crippen molar-refractivity contribution in [1.82, 2.24) is 9.55 Å². The summed E-state index contributed by atoms with van der Waals surface area (Å²) in [5.74, 6) is -1.51. The van der Waals surface area contributed by atoms with Gasteiger partial charge in [0.1, 0.15) is 6.04 Å². The minimum Gasteiger partial charge on any atom is -0.408 e. The predicted molar refractivity (Wildman–Crippen MR) is 88.8 cm³/mol. The largest absolute Gasteiger partial charge is 0.420 e. The Hall–Kier alpha value is -2.94. The Bertz CT molecular complexity index is 971. The van der Waals surface area contributed by atoms with Gasteiger partial charge in [0.2, 0.25) is 11.8 Å². The number of benzene rings is 1. The maximum atomic E-state index is 12.4. The Kier molecular flexibility index (Phi) is 4.17. The molecule has 0 saturated carbocycles. The number of thiazole rings is 1. The maximum absolute atomic E-state index is 12.4. The van der Waals surface area contributed by atoms with Gasteiger partial charge in [-0.3, -0.25) is 14.2 Å². The van der Waals surface area contributed by atoms with Crippen LogP contribution in [0.5, 0.6) is 0 Å². The van der Waals surface area contributed by atoms with Crippen LogP contribution in [0.25, 0.3) is 11.1 Å².